The molecule has 0 radical (unpaired) electrons. The van der Waals surface area contributed by atoms with Gasteiger partial charge >= 0.3 is 11.9 Å². The van der Waals surface area contributed by atoms with Crippen molar-refractivity contribution in [2.75, 3.05) is 6.61 Å². The van der Waals surface area contributed by atoms with Crippen LogP contribution in [0.5, 0.6) is 5.75 Å². The van der Waals surface area contributed by atoms with E-state index in [0.29, 0.717) is 11.3 Å². The fraction of sp³-hybridized carbons (Fsp3) is 0.368. The lowest BCUT2D eigenvalue weighted by Gasteiger charge is -2.18. The summed E-state index contributed by atoms with van der Waals surface area (Å²) in [4.78, 5) is 22.1. The molecular weight excluding hydrogens is 308 g/mol. The van der Waals surface area contributed by atoms with Crippen molar-refractivity contribution >= 4 is 18.0 Å². The summed E-state index contributed by atoms with van der Waals surface area (Å²) >= 11 is 0. The number of aliphatic carboxylic acids is 1. The zero-order chi connectivity index (χ0) is 17.9. The van der Waals surface area contributed by atoms with Crippen molar-refractivity contribution in [3.05, 3.63) is 48.1 Å². The number of carbonyl (C=O) groups is 2. The van der Waals surface area contributed by atoms with Gasteiger partial charge in [-0.25, -0.2) is 9.59 Å². The van der Waals surface area contributed by atoms with Crippen LogP contribution in [0.25, 0.3) is 6.08 Å². The summed E-state index contributed by atoms with van der Waals surface area (Å²) in [6.45, 7) is 7.54. The monoisotopic (exact) mass is 332 g/mol. The van der Waals surface area contributed by atoms with Gasteiger partial charge in [0, 0.05) is 11.6 Å². The van der Waals surface area contributed by atoms with Crippen LogP contribution < -0.4 is 4.74 Å². The van der Waals surface area contributed by atoms with E-state index in [2.05, 4.69) is 13.5 Å². The summed E-state index contributed by atoms with van der Waals surface area (Å²) in [5, 5.41) is 8.60. The van der Waals surface area contributed by atoms with Crippen molar-refractivity contribution in [2.24, 2.45) is 0 Å². The number of hydrogen-bond donors (Lipinski definition) is 1. The van der Waals surface area contributed by atoms with Crippen LogP contribution in [0.4, 0.5) is 0 Å². The molecule has 0 heterocycles. The normalized spacial score (nSPS) is 11.9. The Labute approximate surface area is 142 Å². The fourth-order valence-electron chi connectivity index (χ4n) is 1.89. The molecule has 0 spiro atoms. The Balaban J connectivity index is 2.60. The molecule has 1 unspecified atom stereocenters. The molecule has 1 atom stereocenters. The average Bonchev–Trinajstić information content (AvgIpc) is 2.56. The van der Waals surface area contributed by atoms with E-state index >= 15 is 0 Å². The number of unbranched alkanes of at least 4 members (excludes halogenated alkanes) is 1. The Hall–Kier alpha value is -2.56. The van der Waals surface area contributed by atoms with Crippen LogP contribution in [0.3, 0.4) is 0 Å². The maximum absolute atomic E-state index is 11.7. The largest absolute Gasteiger partial charge is 0.490 e. The minimum atomic E-state index is -0.992. The van der Waals surface area contributed by atoms with Crippen molar-refractivity contribution in [3.63, 3.8) is 0 Å². The predicted molar refractivity (Wildman–Crippen MR) is 92.8 cm³/mol. The van der Waals surface area contributed by atoms with Gasteiger partial charge in [-0.3, -0.25) is 0 Å². The number of hydrogen-bond acceptors (Lipinski definition) is 4. The van der Waals surface area contributed by atoms with Crippen LogP contribution in [-0.4, -0.2) is 29.8 Å². The van der Waals surface area contributed by atoms with E-state index < -0.39 is 11.9 Å². The second-order valence-electron chi connectivity index (χ2n) is 5.50. The van der Waals surface area contributed by atoms with Crippen molar-refractivity contribution in [3.8, 4) is 5.75 Å². The van der Waals surface area contributed by atoms with Gasteiger partial charge in [-0.15, -0.1) is 0 Å². The quantitative estimate of drug-likeness (QED) is 0.520. The van der Waals surface area contributed by atoms with Gasteiger partial charge in [0.05, 0.1) is 0 Å². The van der Waals surface area contributed by atoms with Crippen LogP contribution in [0.15, 0.2) is 42.5 Å². The van der Waals surface area contributed by atoms with Crippen molar-refractivity contribution in [1.29, 1.82) is 0 Å². The molecule has 130 valence electrons. The first-order valence-corrected chi connectivity index (χ1v) is 7.92. The lowest BCUT2D eigenvalue weighted by atomic mass is 10.1. The predicted octanol–water partition coefficient (Wildman–Crippen LogP) is 3.84. The van der Waals surface area contributed by atoms with Gasteiger partial charge in [0.25, 0.3) is 0 Å². The molecule has 0 aliphatic heterocycles. The third-order valence-corrected chi connectivity index (χ3v) is 3.24. The van der Waals surface area contributed by atoms with E-state index in [-0.39, 0.29) is 12.7 Å². The summed E-state index contributed by atoms with van der Waals surface area (Å²) in [5.74, 6) is -0.766. The zero-order valence-electron chi connectivity index (χ0n) is 14.2. The molecular formula is C19H24O5. The zero-order valence-corrected chi connectivity index (χ0v) is 14.2. The summed E-state index contributed by atoms with van der Waals surface area (Å²) in [5.41, 5.74) is 1.13. The molecule has 5 heteroatoms. The molecule has 0 bridgehead atoms. The molecule has 1 aromatic rings. The summed E-state index contributed by atoms with van der Waals surface area (Å²) in [6, 6.07) is 7.02. The highest BCUT2D eigenvalue weighted by Gasteiger charge is 2.15. The highest BCUT2D eigenvalue weighted by molar-refractivity contribution is 5.87. The SMILES string of the molecule is C=C(C)C(=O)OC(CCCC)COc1ccc(C=CC(=O)O)cc1. The summed E-state index contributed by atoms with van der Waals surface area (Å²) in [6.07, 6.45) is 4.94. The molecule has 24 heavy (non-hydrogen) atoms. The number of benzene rings is 1. The van der Waals surface area contributed by atoms with Gasteiger partial charge < -0.3 is 14.6 Å². The molecule has 1 N–H and O–H groups in total. The van der Waals surface area contributed by atoms with E-state index in [1.807, 2.05) is 0 Å². The number of esters is 1. The molecule has 0 aliphatic carbocycles. The molecule has 1 aromatic carbocycles. The lowest BCUT2D eigenvalue weighted by Crippen LogP contribution is -2.25. The minimum Gasteiger partial charge on any atom is -0.490 e. The van der Waals surface area contributed by atoms with Crippen molar-refractivity contribution < 1.29 is 24.2 Å². The minimum absolute atomic E-state index is 0.267. The Morgan fingerprint density at radius 3 is 2.50 bits per heavy atom. The van der Waals surface area contributed by atoms with E-state index in [1.165, 1.54) is 6.08 Å². The maximum atomic E-state index is 11.7. The first kappa shape index (κ1) is 19.5. The third-order valence-electron chi connectivity index (χ3n) is 3.24. The van der Waals surface area contributed by atoms with Crippen LogP contribution in [0.2, 0.25) is 0 Å². The fourth-order valence-corrected chi connectivity index (χ4v) is 1.89. The van der Waals surface area contributed by atoms with Crippen LogP contribution >= 0.6 is 0 Å². The molecule has 0 amide bonds. The second kappa shape index (κ2) is 10.3. The van der Waals surface area contributed by atoms with Crippen molar-refractivity contribution in [2.45, 2.75) is 39.2 Å². The first-order chi connectivity index (χ1) is 11.4. The standard InChI is InChI=1S/C19H24O5/c1-4-5-6-17(24-19(22)14(2)3)13-23-16-10-7-15(8-11-16)9-12-18(20)21/h7-12,17H,2,4-6,13H2,1,3H3,(H,20,21). The van der Waals surface area contributed by atoms with Gasteiger partial charge in [0.1, 0.15) is 18.5 Å². The van der Waals surface area contributed by atoms with Gasteiger partial charge in [-0.05, 0) is 43.5 Å². The lowest BCUT2D eigenvalue weighted by molar-refractivity contribution is -0.146. The number of rotatable bonds is 10. The molecule has 0 saturated heterocycles. The van der Waals surface area contributed by atoms with Crippen molar-refractivity contribution in [1.82, 2.24) is 0 Å². The van der Waals surface area contributed by atoms with Gasteiger partial charge in [0.2, 0.25) is 0 Å². The number of carbonyl (C=O) groups excluding carboxylic acids is 1. The van der Waals surface area contributed by atoms with E-state index in [0.717, 1.165) is 30.9 Å². The number of carboxylic acids is 1. The molecule has 0 aliphatic rings. The Bertz CT molecular complexity index is 586. The first-order valence-electron chi connectivity index (χ1n) is 7.92. The topological polar surface area (TPSA) is 72.8 Å². The third kappa shape index (κ3) is 7.63. The Kier molecular flexibility index (Phi) is 8.33. The Morgan fingerprint density at radius 1 is 1.29 bits per heavy atom. The maximum Gasteiger partial charge on any atom is 0.333 e. The molecule has 0 saturated carbocycles. The van der Waals surface area contributed by atoms with Gasteiger partial charge in [0.15, 0.2) is 0 Å². The van der Waals surface area contributed by atoms with Gasteiger partial charge in [-0.2, -0.15) is 0 Å². The van der Waals surface area contributed by atoms with E-state index in [4.69, 9.17) is 14.6 Å². The van der Waals surface area contributed by atoms with Crippen LogP contribution in [0.1, 0.15) is 38.7 Å². The van der Waals surface area contributed by atoms with Crippen LogP contribution in [0, 0.1) is 0 Å². The highest BCUT2D eigenvalue weighted by Crippen LogP contribution is 2.15. The number of carboxylic acid groups (broad SMARTS) is 1. The summed E-state index contributed by atoms with van der Waals surface area (Å²) in [7, 11) is 0. The average molecular weight is 332 g/mol. The summed E-state index contributed by atoms with van der Waals surface area (Å²) < 4.78 is 11.1. The highest BCUT2D eigenvalue weighted by atomic mass is 16.6. The second-order valence-corrected chi connectivity index (χ2v) is 5.50. The smallest absolute Gasteiger partial charge is 0.333 e. The van der Waals surface area contributed by atoms with Crippen LogP contribution in [-0.2, 0) is 14.3 Å². The number of ether oxygens (including phenoxy) is 2. The Morgan fingerprint density at radius 2 is 1.96 bits per heavy atom. The van der Waals surface area contributed by atoms with E-state index in [1.54, 1.807) is 31.2 Å². The molecule has 5 nitrogen and oxygen atoms in total. The van der Waals surface area contributed by atoms with Gasteiger partial charge in [-0.1, -0.05) is 32.1 Å². The molecule has 0 aromatic heterocycles. The molecule has 1 rings (SSSR count). The van der Waals surface area contributed by atoms with E-state index in [9.17, 15) is 9.59 Å². The molecule has 0 fully saturated rings.